The standard InChI is InChI=1S/C23H23FN6O/c1-3-27-21-14(11-25)8-19-22(29-7-6-28-19)17-5-4-16(24)10-18(17)13(2)31-20-9-15(21)12-30-23(20)26/h4-7,9-13,25,27H,3,8H2,1-2H3,(H2,26,30)/b21-14-,25-11?. The Balaban J connectivity index is 2.03. The molecule has 0 spiro atoms. The second-order valence-electron chi connectivity index (χ2n) is 7.20. The predicted octanol–water partition coefficient (Wildman–Crippen LogP) is 3.93. The van der Waals surface area contributed by atoms with Gasteiger partial charge in [0.15, 0.2) is 11.6 Å². The number of benzene rings is 1. The first-order valence-corrected chi connectivity index (χ1v) is 10.0. The Kier molecular flexibility index (Phi) is 5.62. The summed E-state index contributed by atoms with van der Waals surface area (Å²) in [5.74, 6) is 0.249. The fraction of sp³-hybridized carbons (Fsp3) is 0.217. The van der Waals surface area contributed by atoms with E-state index in [9.17, 15) is 4.39 Å². The van der Waals surface area contributed by atoms with Crippen molar-refractivity contribution in [2.75, 3.05) is 12.3 Å². The smallest absolute Gasteiger partial charge is 0.166 e. The molecular weight excluding hydrogens is 395 g/mol. The van der Waals surface area contributed by atoms with Gasteiger partial charge in [-0.2, -0.15) is 0 Å². The highest BCUT2D eigenvalue weighted by molar-refractivity contribution is 5.90. The Morgan fingerprint density at radius 1 is 1.26 bits per heavy atom. The fourth-order valence-corrected chi connectivity index (χ4v) is 3.72. The molecule has 4 rings (SSSR count). The van der Waals surface area contributed by atoms with Crippen LogP contribution in [0.3, 0.4) is 0 Å². The van der Waals surface area contributed by atoms with Crippen LogP contribution in [0, 0.1) is 11.2 Å². The van der Waals surface area contributed by atoms with Gasteiger partial charge in [0.1, 0.15) is 11.9 Å². The van der Waals surface area contributed by atoms with Crippen LogP contribution in [0.2, 0.25) is 0 Å². The summed E-state index contributed by atoms with van der Waals surface area (Å²) in [7, 11) is 0. The van der Waals surface area contributed by atoms with Crippen molar-refractivity contribution in [3.05, 3.63) is 71.1 Å². The largest absolute Gasteiger partial charge is 0.482 e. The lowest BCUT2D eigenvalue weighted by atomic mass is 9.95. The maximum Gasteiger partial charge on any atom is 0.166 e. The number of halogens is 1. The second kappa shape index (κ2) is 8.51. The van der Waals surface area contributed by atoms with E-state index in [1.807, 2.05) is 13.8 Å². The number of nitrogens with one attached hydrogen (secondary N) is 2. The lowest BCUT2D eigenvalue weighted by Crippen LogP contribution is -2.17. The molecule has 1 atom stereocenters. The van der Waals surface area contributed by atoms with Crippen LogP contribution in [0.4, 0.5) is 10.2 Å². The van der Waals surface area contributed by atoms with Crippen LogP contribution in [0.25, 0.3) is 17.0 Å². The van der Waals surface area contributed by atoms with Crippen LogP contribution in [0.1, 0.15) is 36.8 Å². The Labute approximate surface area is 179 Å². The minimum atomic E-state index is -0.520. The summed E-state index contributed by atoms with van der Waals surface area (Å²) < 4.78 is 20.3. The fourth-order valence-electron chi connectivity index (χ4n) is 3.72. The van der Waals surface area contributed by atoms with Crippen molar-refractivity contribution in [3.8, 4) is 17.0 Å². The number of pyridine rings is 1. The third kappa shape index (κ3) is 3.96. The molecule has 8 heteroatoms. The molecule has 1 aliphatic rings. The molecule has 0 radical (unpaired) electrons. The quantitative estimate of drug-likeness (QED) is 0.556. The average molecular weight is 418 g/mol. The van der Waals surface area contributed by atoms with Crippen molar-refractivity contribution in [1.82, 2.24) is 20.3 Å². The monoisotopic (exact) mass is 418 g/mol. The SMILES string of the molecule is CCN/C1=C(\C=N)Cc2nccnc2-c2ccc(F)cc2C(C)Oc2cc1cnc2N. The van der Waals surface area contributed by atoms with E-state index in [4.69, 9.17) is 15.9 Å². The number of aromatic nitrogens is 3. The van der Waals surface area contributed by atoms with Gasteiger partial charge in [-0.25, -0.2) is 9.37 Å². The number of hydrogen-bond donors (Lipinski definition) is 3. The number of nitrogens with two attached hydrogens (primary N) is 1. The molecule has 3 heterocycles. The van der Waals surface area contributed by atoms with Gasteiger partial charge >= 0.3 is 0 Å². The van der Waals surface area contributed by atoms with Gasteiger partial charge in [-0.05, 0) is 43.7 Å². The van der Waals surface area contributed by atoms with Gasteiger partial charge in [0, 0.05) is 60.2 Å². The molecule has 1 aromatic carbocycles. The summed E-state index contributed by atoms with van der Waals surface area (Å²) in [4.78, 5) is 13.4. The minimum absolute atomic E-state index is 0.234. The van der Waals surface area contributed by atoms with Gasteiger partial charge in [0.2, 0.25) is 0 Å². The maximum atomic E-state index is 14.2. The molecular formula is C23H23FN6O. The highest BCUT2D eigenvalue weighted by Crippen LogP contribution is 2.36. The summed E-state index contributed by atoms with van der Waals surface area (Å²) in [6, 6.07) is 6.30. The van der Waals surface area contributed by atoms with E-state index < -0.39 is 6.10 Å². The molecule has 3 aromatic rings. The van der Waals surface area contributed by atoms with Crippen LogP contribution in [-0.4, -0.2) is 27.7 Å². The van der Waals surface area contributed by atoms with Crippen molar-refractivity contribution < 1.29 is 9.13 Å². The number of nitrogens with zero attached hydrogens (tertiary/aromatic N) is 3. The number of rotatable bonds is 3. The summed E-state index contributed by atoms with van der Waals surface area (Å²) in [5, 5.41) is 11.4. The number of fused-ring (bicyclic) bond motifs is 5. The lowest BCUT2D eigenvalue weighted by Gasteiger charge is -2.22. The van der Waals surface area contributed by atoms with Crippen molar-refractivity contribution >= 4 is 17.7 Å². The van der Waals surface area contributed by atoms with Crippen molar-refractivity contribution in [2.45, 2.75) is 26.4 Å². The second-order valence-corrected chi connectivity index (χ2v) is 7.20. The zero-order valence-electron chi connectivity index (χ0n) is 17.3. The molecule has 0 amide bonds. The predicted molar refractivity (Wildman–Crippen MR) is 118 cm³/mol. The number of nitrogen functional groups attached to an aromatic ring is 1. The van der Waals surface area contributed by atoms with Gasteiger partial charge in [0.25, 0.3) is 0 Å². The molecule has 31 heavy (non-hydrogen) atoms. The summed E-state index contributed by atoms with van der Waals surface area (Å²) in [5.41, 5.74) is 10.9. The summed E-state index contributed by atoms with van der Waals surface area (Å²) >= 11 is 0. The molecule has 1 unspecified atom stereocenters. The van der Waals surface area contributed by atoms with Crippen molar-refractivity contribution in [1.29, 1.82) is 5.41 Å². The Morgan fingerprint density at radius 3 is 2.84 bits per heavy atom. The zero-order valence-corrected chi connectivity index (χ0v) is 17.3. The number of ether oxygens (including phenoxy) is 1. The summed E-state index contributed by atoms with van der Waals surface area (Å²) in [6.07, 6.45) is 6.00. The van der Waals surface area contributed by atoms with Gasteiger partial charge in [-0.15, -0.1) is 0 Å². The van der Waals surface area contributed by atoms with Gasteiger partial charge in [0.05, 0.1) is 11.4 Å². The average Bonchev–Trinajstić information content (AvgIpc) is 2.77. The van der Waals surface area contributed by atoms with Gasteiger partial charge in [-0.1, -0.05) is 0 Å². The Morgan fingerprint density at radius 2 is 2.06 bits per heavy atom. The normalized spacial score (nSPS) is 18.0. The zero-order chi connectivity index (χ0) is 22.0. The van der Waals surface area contributed by atoms with E-state index in [1.54, 1.807) is 30.7 Å². The van der Waals surface area contributed by atoms with Gasteiger partial charge in [-0.3, -0.25) is 9.97 Å². The minimum Gasteiger partial charge on any atom is -0.482 e. The number of hydrogen-bond acceptors (Lipinski definition) is 7. The molecule has 0 saturated heterocycles. The Bertz CT molecular complexity index is 1180. The van der Waals surface area contributed by atoms with E-state index in [0.29, 0.717) is 41.2 Å². The molecule has 0 saturated carbocycles. The molecule has 1 aliphatic heterocycles. The first-order valence-electron chi connectivity index (χ1n) is 10.0. The molecule has 2 bridgehead atoms. The van der Waals surface area contributed by atoms with Crippen LogP contribution < -0.4 is 15.8 Å². The Hall–Kier alpha value is -3.81. The van der Waals surface area contributed by atoms with Crippen LogP contribution >= 0.6 is 0 Å². The lowest BCUT2D eigenvalue weighted by molar-refractivity contribution is 0.227. The molecule has 2 aromatic heterocycles. The van der Waals surface area contributed by atoms with Gasteiger partial charge < -0.3 is 21.2 Å². The van der Waals surface area contributed by atoms with E-state index in [-0.39, 0.29) is 11.6 Å². The highest BCUT2D eigenvalue weighted by atomic mass is 19.1. The first kappa shape index (κ1) is 20.5. The molecule has 4 N–H and O–H groups in total. The first-order chi connectivity index (χ1) is 15.0. The molecule has 158 valence electrons. The van der Waals surface area contributed by atoms with Crippen molar-refractivity contribution in [3.63, 3.8) is 0 Å². The van der Waals surface area contributed by atoms with Crippen LogP contribution in [0.5, 0.6) is 5.75 Å². The van der Waals surface area contributed by atoms with E-state index >= 15 is 0 Å². The number of allylic oxidation sites excluding steroid dienone is 1. The van der Waals surface area contributed by atoms with Crippen molar-refractivity contribution in [2.24, 2.45) is 0 Å². The van der Waals surface area contributed by atoms with Crippen LogP contribution in [0.15, 0.2) is 48.4 Å². The third-order valence-electron chi connectivity index (χ3n) is 5.16. The third-order valence-corrected chi connectivity index (χ3v) is 5.16. The maximum absolute atomic E-state index is 14.2. The molecule has 0 aliphatic carbocycles. The van der Waals surface area contributed by atoms with Crippen LogP contribution in [-0.2, 0) is 6.42 Å². The summed E-state index contributed by atoms with van der Waals surface area (Å²) in [6.45, 7) is 4.46. The number of anilines is 1. The van der Waals surface area contributed by atoms with E-state index in [0.717, 1.165) is 16.8 Å². The highest BCUT2D eigenvalue weighted by Gasteiger charge is 2.22. The molecule has 7 nitrogen and oxygen atoms in total. The van der Waals surface area contributed by atoms with E-state index in [2.05, 4.69) is 20.3 Å². The topological polar surface area (TPSA) is 110 Å². The van der Waals surface area contributed by atoms with E-state index in [1.165, 1.54) is 18.3 Å². The molecule has 0 fully saturated rings.